The number of rotatable bonds is 3. The summed E-state index contributed by atoms with van der Waals surface area (Å²) in [5.74, 6) is -6.82. The molecule has 3 aliphatic heterocycles. The summed E-state index contributed by atoms with van der Waals surface area (Å²) in [4.78, 5) is 25.1. The molecule has 13 N–H and O–H groups in total. The summed E-state index contributed by atoms with van der Waals surface area (Å²) in [6.07, 6.45) is 2.28. The predicted octanol–water partition coefficient (Wildman–Crippen LogP) is 0.936. The number of cyclic esters (lactones) is 1. The van der Waals surface area contributed by atoms with Crippen LogP contribution in [0.15, 0.2) is 72.9 Å². The molecule has 0 spiro atoms. The van der Waals surface area contributed by atoms with E-state index in [0.29, 0.717) is 0 Å². The van der Waals surface area contributed by atoms with Crippen LogP contribution in [0, 0.1) is 17.8 Å². The second kappa shape index (κ2) is 27.6. The number of carbonyl (C=O) groups is 2. The van der Waals surface area contributed by atoms with Gasteiger partial charge in [0.25, 0.3) is 0 Å². The van der Waals surface area contributed by atoms with Crippen molar-refractivity contribution in [2.75, 3.05) is 0 Å². The smallest absolute Gasteiger partial charge is 0.311 e. The van der Waals surface area contributed by atoms with Gasteiger partial charge in [-0.3, -0.25) is 9.59 Å². The van der Waals surface area contributed by atoms with Gasteiger partial charge in [0.1, 0.15) is 18.1 Å². The number of aliphatic carboxylic acids is 1. The standard InChI is InChI=1S/C47H75NO17/c1-27-17-15-13-11-9-7-5-6-8-10-12-14-16-18-34(64-46-44(58)41(48)43(57)30(4)63-46)24-38-40(45(59)60)37(54)26-47(61,65-38)25-36(53)35(52)20-19-31(49)21-32(50)22-33(51)23-39(55)62-29(3)28(2)42(27)56/h5-6,8,10-18,27-38,40-44,46,49-54,56-58,61H,7,9,19-26,48H2,1-4H3,(H,59,60)/b6-5+,10-8+,13-11+,14-12+,17-15+,18-16+/t27-,28-,29-,30-,31+,32+,33+,34-,35-,36+,37-,38-,40+,41+,42+,43-,44+,46+,47-/m0/s1. The third-order valence-corrected chi connectivity index (χ3v) is 12.2. The first-order valence-electron chi connectivity index (χ1n) is 22.6. The summed E-state index contributed by atoms with van der Waals surface area (Å²) < 4.78 is 23.2. The third kappa shape index (κ3) is 18.8. The van der Waals surface area contributed by atoms with E-state index in [2.05, 4.69) is 0 Å². The first-order chi connectivity index (χ1) is 30.6. The number of ether oxygens (including phenoxy) is 4. The zero-order chi connectivity index (χ0) is 48.4. The fourth-order valence-corrected chi connectivity index (χ4v) is 8.11. The van der Waals surface area contributed by atoms with Gasteiger partial charge >= 0.3 is 11.9 Å². The van der Waals surface area contributed by atoms with Crippen LogP contribution >= 0.6 is 0 Å². The zero-order valence-electron chi connectivity index (χ0n) is 37.8. The second-order valence-electron chi connectivity index (χ2n) is 17.8. The lowest BCUT2D eigenvalue weighted by Crippen LogP contribution is -2.61. The molecule has 0 unspecified atom stereocenters. The van der Waals surface area contributed by atoms with Gasteiger partial charge < -0.3 is 80.9 Å². The highest BCUT2D eigenvalue weighted by molar-refractivity contribution is 5.71. The predicted molar refractivity (Wildman–Crippen MR) is 237 cm³/mol. The number of allylic oxidation sites excluding steroid dienone is 10. The molecule has 0 aliphatic carbocycles. The number of carbonyl (C=O) groups excluding carboxylic acids is 1. The van der Waals surface area contributed by atoms with E-state index in [4.69, 9.17) is 24.7 Å². The Morgan fingerprint density at radius 1 is 0.692 bits per heavy atom. The summed E-state index contributed by atoms with van der Waals surface area (Å²) in [7, 11) is 0. The van der Waals surface area contributed by atoms with Crippen molar-refractivity contribution in [3.63, 3.8) is 0 Å². The van der Waals surface area contributed by atoms with Crippen molar-refractivity contribution in [3.8, 4) is 0 Å². The molecule has 0 radical (unpaired) electrons. The van der Waals surface area contributed by atoms with Gasteiger partial charge in [0.15, 0.2) is 12.1 Å². The molecule has 2 saturated heterocycles. The Bertz CT molecular complexity index is 1620. The van der Waals surface area contributed by atoms with E-state index < -0.39 is 141 Å². The van der Waals surface area contributed by atoms with E-state index >= 15 is 0 Å². The van der Waals surface area contributed by atoms with Crippen molar-refractivity contribution in [1.82, 2.24) is 0 Å². The molecule has 0 amide bonds. The molecule has 18 heteroatoms. The molecule has 65 heavy (non-hydrogen) atoms. The molecule has 0 saturated carbocycles. The Labute approximate surface area is 381 Å². The lowest BCUT2D eigenvalue weighted by molar-refractivity contribution is -0.310. The maximum absolute atomic E-state index is 12.6. The van der Waals surface area contributed by atoms with E-state index in [1.807, 2.05) is 49.5 Å². The quantitative estimate of drug-likeness (QED) is 0.175. The Hall–Kier alpha value is -3.18. The number of carboxylic acids is 1. The lowest BCUT2D eigenvalue weighted by atomic mass is 9.82. The van der Waals surface area contributed by atoms with E-state index in [0.717, 1.165) is 12.8 Å². The minimum Gasteiger partial charge on any atom is -0.481 e. The molecular formula is C47H75NO17. The fraction of sp³-hybridized carbons (Fsp3) is 0.702. The van der Waals surface area contributed by atoms with Crippen LogP contribution in [0.2, 0.25) is 0 Å². The second-order valence-corrected chi connectivity index (χ2v) is 17.8. The molecule has 0 aromatic carbocycles. The van der Waals surface area contributed by atoms with Crippen molar-refractivity contribution in [3.05, 3.63) is 72.9 Å². The minimum absolute atomic E-state index is 0.138. The number of carboxylic acid groups (broad SMARTS) is 1. The van der Waals surface area contributed by atoms with Crippen LogP contribution in [-0.2, 0) is 28.5 Å². The molecule has 2 fully saturated rings. The molecule has 0 aromatic heterocycles. The van der Waals surface area contributed by atoms with Gasteiger partial charge in [-0.1, -0.05) is 86.8 Å². The van der Waals surface area contributed by atoms with Crippen molar-refractivity contribution >= 4 is 11.9 Å². The molecule has 2 bridgehead atoms. The van der Waals surface area contributed by atoms with Gasteiger partial charge in [-0.15, -0.1) is 0 Å². The topological polar surface area (TPSA) is 320 Å². The molecule has 18 nitrogen and oxygen atoms in total. The van der Waals surface area contributed by atoms with Crippen molar-refractivity contribution < 1.29 is 84.7 Å². The molecule has 370 valence electrons. The number of hydrogen-bond acceptors (Lipinski definition) is 17. The number of aliphatic hydroxyl groups excluding tert-OH is 9. The summed E-state index contributed by atoms with van der Waals surface area (Å²) in [5, 5.41) is 118. The molecule has 3 aliphatic rings. The fourth-order valence-electron chi connectivity index (χ4n) is 8.11. The zero-order valence-corrected chi connectivity index (χ0v) is 37.8. The summed E-state index contributed by atoms with van der Waals surface area (Å²) >= 11 is 0. The largest absolute Gasteiger partial charge is 0.481 e. The van der Waals surface area contributed by atoms with E-state index in [1.165, 1.54) is 13.0 Å². The highest BCUT2D eigenvalue weighted by Crippen LogP contribution is 2.38. The SMILES string of the molecule is C[C@@H]1[C@H](O)[C@@H](C)/C=C/C=C/CC/C=C/C=C/C=C/C=C/[C@H](O[C@H]2O[C@@H](C)[C@H](O)[C@@H](N)[C@H]2O)C[C@@H]2O[C@@](O)(C[C@@H](O)[C@@H](O)CC[C@@H](O)C[C@@H](O)C[C@@H](O)CC(=O)O[C@H]1C)C[C@H](O)[C@H]2C(=O)O. The van der Waals surface area contributed by atoms with Gasteiger partial charge in [0, 0.05) is 31.1 Å². The van der Waals surface area contributed by atoms with Gasteiger partial charge in [0.2, 0.25) is 0 Å². The highest BCUT2D eigenvalue weighted by atomic mass is 16.7. The summed E-state index contributed by atoms with van der Waals surface area (Å²) in [5.41, 5.74) is 6.02. The van der Waals surface area contributed by atoms with E-state index in [-0.39, 0.29) is 38.0 Å². The van der Waals surface area contributed by atoms with Crippen LogP contribution in [-0.4, -0.2) is 166 Å². The van der Waals surface area contributed by atoms with Crippen LogP contribution < -0.4 is 5.73 Å². The number of esters is 1. The van der Waals surface area contributed by atoms with E-state index in [1.54, 1.807) is 38.2 Å². The van der Waals surface area contributed by atoms with Gasteiger partial charge in [-0.25, -0.2) is 0 Å². The highest BCUT2D eigenvalue weighted by Gasteiger charge is 2.51. The van der Waals surface area contributed by atoms with Crippen LogP contribution in [0.25, 0.3) is 0 Å². The number of aliphatic hydroxyl groups is 10. The van der Waals surface area contributed by atoms with Crippen LogP contribution in [0.1, 0.15) is 91.9 Å². The average molecular weight is 926 g/mol. The van der Waals surface area contributed by atoms with Crippen molar-refractivity contribution in [2.24, 2.45) is 23.5 Å². The summed E-state index contributed by atoms with van der Waals surface area (Å²) in [6.45, 7) is 6.78. The monoisotopic (exact) mass is 926 g/mol. The van der Waals surface area contributed by atoms with Crippen LogP contribution in [0.3, 0.4) is 0 Å². The first kappa shape index (κ1) is 56.1. The Morgan fingerprint density at radius 3 is 1.94 bits per heavy atom. The number of fused-ring (bicyclic) bond motifs is 2. The Kier molecular flexibility index (Phi) is 23.8. The number of hydrogen-bond donors (Lipinski definition) is 12. The molecular weight excluding hydrogens is 851 g/mol. The maximum atomic E-state index is 12.6. The molecule has 3 heterocycles. The minimum atomic E-state index is -2.35. The third-order valence-electron chi connectivity index (χ3n) is 12.2. The Morgan fingerprint density at radius 2 is 1.28 bits per heavy atom. The lowest BCUT2D eigenvalue weighted by Gasteiger charge is -2.45. The summed E-state index contributed by atoms with van der Waals surface area (Å²) in [6, 6.07) is -1.14. The van der Waals surface area contributed by atoms with Crippen molar-refractivity contribution in [2.45, 2.75) is 189 Å². The van der Waals surface area contributed by atoms with E-state index in [9.17, 15) is 65.8 Å². The van der Waals surface area contributed by atoms with Gasteiger partial charge in [0.05, 0.1) is 79.6 Å². The Balaban J connectivity index is 1.84. The molecule has 0 aromatic rings. The van der Waals surface area contributed by atoms with Crippen LogP contribution in [0.4, 0.5) is 0 Å². The first-order valence-corrected chi connectivity index (χ1v) is 22.6. The van der Waals surface area contributed by atoms with Gasteiger partial charge in [-0.2, -0.15) is 0 Å². The normalized spacial score (nSPS) is 45.2. The van der Waals surface area contributed by atoms with Gasteiger partial charge in [-0.05, 0) is 52.4 Å². The number of nitrogens with two attached hydrogens (primary N) is 1. The molecule has 19 atom stereocenters. The maximum Gasteiger partial charge on any atom is 0.311 e. The van der Waals surface area contributed by atoms with Crippen molar-refractivity contribution in [1.29, 1.82) is 0 Å². The average Bonchev–Trinajstić information content (AvgIpc) is 3.21. The molecule has 3 rings (SSSR count). The van der Waals surface area contributed by atoms with Crippen LogP contribution in [0.5, 0.6) is 0 Å².